The van der Waals surface area contributed by atoms with Crippen molar-refractivity contribution < 1.29 is 17.6 Å². The fourth-order valence-corrected chi connectivity index (χ4v) is 3.72. The summed E-state index contributed by atoms with van der Waals surface area (Å²) in [5.41, 5.74) is 4.82. The number of nitrogens with one attached hydrogen (secondary N) is 1. The van der Waals surface area contributed by atoms with Gasteiger partial charge in [0.2, 0.25) is 10.0 Å². The second kappa shape index (κ2) is 6.29. The summed E-state index contributed by atoms with van der Waals surface area (Å²) < 4.78 is 37.4. The van der Waals surface area contributed by atoms with Gasteiger partial charge in [0.25, 0.3) is 5.69 Å². The highest BCUT2D eigenvalue weighted by molar-refractivity contribution is 7.89. The molecule has 8 nitrogen and oxygen atoms in total. The van der Waals surface area contributed by atoms with Crippen molar-refractivity contribution >= 4 is 32.2 Å². The Hall–Kier alpha value is -1.52. The van der Waals surface area contributed by atoms with Crippen LogP contribution in [0.1, 0.15) is 6.92 Å². The van der Waals surface area contributed by atoms with E-state index in [4.69, 9.17) is 5.73 Å². The van der Waals surface area contributed by atoms with Gasteiger partial charge in [0.15, 0.2) is 0 Å². The lowest BCUT2D eigenvalue weighted by molar-refractivity contribution is -0.384. The number of nitro groups is 1. The summed E-state index contributed by atoms with van der Waals surface area (Å²) in [7, 11) is -5.08. The van der Waals surface area contributed by atoms with E-state index >= 15 is 0 Å². The molecule has 0 amide bonds. The Morgan fingerprint density at radius 2 is 2.10 bits per heavy atom. The van der Waals surface area contributed by atoms with E-state index in [1.807, 2.05) is 0 Å². The van der Waals surface area contributed by atoms with E-state index < -0.39 is 37.5 Å². The fraction of sp³-hybridized carbons (Fsp3) is 0.400. The lowest BCUT2D eigenvalue weighted by Crippen LogP contribution is -2.36. The Morgan fingerprint density at radius 1 is 1.50 bits per heavy atom. The molecule has 0 aliphatic heterocycles. The van der Waals surface area contributed by atoms with Gasteiger partial charge in [-0.05, 0) is 19.1 Å². The van der Waals surface area contributed by atoms with Crippen LogP contribution in [0.2, 0.25) is 0 Å². The number of nitrogen functional groups attached to an aromatic ring is 1. The summed E-state index contributed by atoms with van der Waals surface area (Å²) in [5.74, 6) is 0.149. The van der Waals surface area contributed by atoms with Gasteiger partial charge in [-0.1, -0.05) is 0 Å². The minimum atomic E-state index is -3.92. The molecular formula is C10H15N3O5S2. The van der Waals surface area contributed by atoms with Crippen LogP contribution in [0, 0.1) is 10.1 Å². The number of nitro benzene ring substituents is 1. The van der Waals surface area contributed by atoms with E-state index in [1.165, 1.54) is 12.3 Å². The third kappa shape index (κ3) is 4.25. The lowest BCUT2D eigenvalue weighted by atomic mass is 10.3. The van der Waals surface area contributed by atoms with Gasteiger partial charge < -0.3 is 5.73 Å². The number of benzene rings is 1. The Balaban J connectivity index is 3.07. The highest BCUT2D eigenvalue weighted by atomic mass is 32.2. The first-order valence-electron chi connectivity index (χ1n) is 5.49. The Bertz CT molecular complexity index is 644. The Morgan fingerprint density at radius 3 is 2.60 bits per heavy atom. The van der Waals surface area contributed by atoms with Crippen molar-refractivity contribution in [3.05, 3.63) is 28.3 Å². The molecule has 2 unspecified atom stereocenters. The average molecular weight is 321 g/mol. The number of nitrogens with zero attached hydrogens (tertiary/aromatic N) is 1. The number of rotatable bonds is 6. The number of hydrogen-bond donors (Lipinski definition) is 2. The first-order valence-corrected chi connectivity index (χ1v) is 8.71. The predicted octanol–water partition coefficient (Wildman–Crippen LogP) is 0.222. The first kappa shape index (κ1) is 16.5. The molecule has 0 bridgehead atoms. The van der Waals surface area contributed by atoms with E-state index in [1.54, 1.807) is 6.92 Å². The summed E-state index contributed by atoms with van der Waals surface area (Å²) in [6.07, 6.45) is 1.46. The van der Waals surface area contributed by atoms with Gasteiger partial charge >= 0.3 is 0 Å². The van der Waals surface area contributed by atoms with Crippen LogP contribution in [0.25, 0.3) is 0 Å². The molecule has 0 saturated carbocycles. The summed E-state index contributed by atoms with van der Waals surface area (Å²) in [6, 6.07) is 2.69. The number of hydrogen-bond acceptors (Lipinski definition) is 6. The quantitative estimate of drug-likeness (QED) is 0.437. The normalized spacial score (nSPS) is 14.7. The molecule has 0 aromatic heterocycles. The van der Waals surface area contributed by atoms with Crippen molar-refractivity contribution in [3.8, 4) is 0 Å². The van der Waals surface area contributed by atoms with E-state index in [0.29, 0.717) is 0 Å². The zero-order valence-electron chi connectivity index (χ0n) is 10.9. The monoisotopic (exact) mass is 321 g/mol. The third-order valence-electron chi connectivity index (χ3n) is 2.35. The molecule has 0 spiro atoms. The minimum Gasteiger partial charge on any atom is -0.393 e. The topological polar surface area (TPSA) is 132 Å². The zero-order chi connectivity index (χ0) is 15.5. The maximum Gasteiger partial charge on any atom is 0.293 e. The number of sulfonamides is 1. The van der Waals surface area contributed by atoms with Crippen molar-refractivity contribution in [2.45, 2.75) is 17.9 Å². The molecule has 10 heteroatoms. The Kier molecular flexibility index (Phi) is 5.20. The molecule has 0 aliphatic rings. The molecule has 20 heavy (non-hydrogen) atoms. The smallest absolute Gasteiger partial charge is 0.293 e. The number of anilines is 1. The lowest BCUT2D eigenvalue weighted by Gasteiger charge is -2.13. The van der Waals surface area contributed by atoms with Crippen LogP contribution in [-0.2, 0) is 20.8 Å². The van der Waals surface area contributed by atoms with Crippen molar-refractivity contribution in [1.82, 2.24) is 4.72 Å². The average Bonchev–Trinajstić information content (AvgIpc) is 2.26. The molecule has 0 saturated heterocycles. The van der Waals surface area contributed by atoms with Crippen molar-refractivity contribution in [1.29, 1.82) is 0 Å². The molecule has 1 aromatic rings. The van der Waals surface area contributed by atoms with Crippen LogP contribution in [0.15, 0.2) is 23.1 Å². The van der Waals surface area contributed by atoms with E-state index in [2.05, 4.69) is 4.72 Å². The SMILES string of the molecule is CC(CS(C)=O)NS(=O)(=O)c1ccc(N)c([N+](=O)[O-])c1. The highest BCUT2D eigenvalue weighted by Crippen LogP contribution is 2.24. The molecular weight excluding hydrogens is 306 g/mol. The van der Waals surface area contributed by atoms with Crippen LogP contribution < -0.4 is 10.5 Å². The summed E-state index contributed by atoms with van der Waals surface area (Å²) in [5, 5.41) is 10.7. The van der Waals surface area contributed by atoms with E-state index in [0.717, 1.165) is 12.1 Å². The molecule has 0 fully saturated rings. The molecule has 0 radical (unpaired) electrons. The molecule has 2 atom stereocenters. The summed E-state index contributed by atoms with van der Waals surface area (Å²) in [4.78, 5) is 9.73. The zero-order valence-corrected chi connectivity index (χ0v) is 12.5. The van der Waals surface area contributed by atoms with Crippen LogP contribution in [0.5, 0.6) is 0 Å². The van der Waals surface area contributed by atoms with Crippen molar-refractivity contribution in [3.63, 3.8) is 0 Å². The van der Waals surface area contributed by atoms with Crippen LogP contribution in [-0.4, -0.2) is 35.6 Å². The van der Waals surface area contributed by atoms with Gasteiger partial charge in [0.05, 0.1) is 9.82 Å². The fourth-order valence-electron chi connectivity index (χ4n) is 1.57. The summed E-state index contributed by atoms with van der Waals surface area (Å²) in [6.45, 7) is 1.56. The molecule has 1 aromatic carbocycles. The van der Waals surface area contributed by atoms with Crippen LogP contribution in [0.3, 0.4) is 0 Å². The maximum atomic E-state index is 12.0. The highest BCUT2D eigenvalue weighted by Gasteiger charge is 2.22. The van der Waals surface area contributed by atoms with E-state index in [-0.39, 0.29) is 16.3 Å². The molecule has 112 valence electrons. The van der Waals surface area contributed by atoms with Crippen LogP contribution >= 0.6 is 0 Å². The van der Waals surface area contributed by atoms with Crippen molar-refractivity contribution in [2.24, 2.45) is 0 Å². The minimum absolute atomic E-state index is 0.114. The molecule has 3 N–H and O–H groups in total. The largest absolute Gasteiger partial charge is 0.393 e. The van der Waals surface area contributed by atoms with Gasteiger partial charge in [0, 0.05) is 34.9 Å². The maximum absolute atomic E-state index is 12.0. The second-order valence-corrected chi connectivity index (χ2v) is 7.43. The Labute approximate surface area is 119 Å². The first-order chi connectivity index (χ1) is 9.13. The molecule has 1 rings (SSSR count). The van der Waals surface area contributed by atoms with Gasteiger partial charge in [-0.15, -0.1) is 0 Å². The standard InChI is InChI=1S/C10H15N3O5S2/c1-7(6-19(2)16)12-20(17,18)8-3-4-9(11)10(5-8)13(14)15/h3-5,7,12H,6,11H2,1-2H3. The predicted molar refractivity (Wildman–Crippen MR) is 76.2 cm³/mol. The summed E-state index contributed by atoms with van der Waals surface area (Å²) >= 11 is 0. The molecule has 0 heterocycles. The van der Waals surface area contributed by atoms with Crippen molar-refractivity contribution in [2.75, 3.05) is 17.7 Å². The third-order valence-corrected chi connectivity index (χ3v) is 4.91. The van der Waals surface area contributed by atoms with Gasteiger partial charge in [-0.2, -0.15) is 0 Å². The van der Waals surface area contributed by atoms with Gasteiger partial charge in [-0.3, -0.25) is 14.3 Å². The molecule has 0 aliphatic carbocycles. The number of nitrogens with two attached hydrogens (primary N) is 1. The van der Waals surface area contributed by atoms with Gasteiger partial charge in [-0.25, -0.2) is 13.1 Å². The van der Waals surface area contributed by atoms with Gasteiger partial charge in [0.1, 0.15) is 5.69 Å². The second-order valence-electron chi connectivity index (χ2n) is 4.24. The van der Waals surface area contributed by atoms with E-state index in [9.17, 15) is 22.7 Å². The van der Waals surface area contributed by atoms with Crippen LogP contribution in [0.4, 0.5) is 11.4 Å².